The first-order valence-corrected chi connectivity index (χ1v) is 7.62. The maximum atomic E-state index is 12.1. The smallest absolute Gasteiger partial charge is 0.339 e. The molecule has 128 valence electrons. The summed E-state index contributed by atoms with van der Waals surface area (Å²) in [6.45, 7) is 2.06. The number of carboxylic acid groups (broad SMARTS) is 1. The van der Waals surface area contributed by atoms with Crippen LogP contribution in [0.3, 0.4) is 0 Å². The Labute approximate surface area is 137 Å². The van der Waals surface area contributed by atoms with Crippen molar-refractivity contribution in [1.82, 2.24) is 5.32 Å². The highest BCUT2D eigenvalue weighted by Gasteiger charge is 2.13. The van der Waals surface area contributed by atoms with Crippen LogP contribution in [0, 0.1) is 6.92 Å². The van der Waals surface area contributed by atoms with Gasteiger partial charge in [0.25, 0.3) is 0 Å². The maximum absolute atomic E-state index is 12.1. The van der Waals surface area contributed by atoms with E-state index in [1.54, 1.807) is 13.0 Å². The minimum atomic E-state index is -0.903. The van der Waals surface area contributed by atoms with Gasteiger partial charge in [0, 0.05) is 36.4 Å². The van der Waals surface area contributed by atoms with Crippen molar-refractivity contribution in [1.29, 1.82) is 0 Å². The van der Waals surface area contributed by atoms with Crippen LogP contribution in [0.1, 0.15) is 30.4 Å². The third-order valence-electron chi connectivity index (χ3n) is 3.76. The lowest BCUT2D eigenvalue weighted by Crippen LogP contribution is -2.26. The number of aliphatic carboxylic acids is 1. The monoisotopic (exact) mass is 333 g/mol. The quantitative estimate of drug-likeness (QED) is 0.525. The lowest BCUT2D eigenvalue weighted by atomic mass is 10.0. The molecule has 1 amide bonds. The highest BCUT2D eigenvalue weighted by molar-refractivity contribution is 5.82. The van der Waals surface area contributed by atoms with E-state index in [1.165, 1.54) is 12.1 Å². The maximum Gasteiger partial charge on any atom is 0.339 e. The topological polar surface area (TPSA) is 117 Å². The van der Waals surface area contributed by atoms with E-state index in [1.807, 2.05) is 0 Å². The number of nitrogens with one attached hydrogen (secondary N) is 1. The average molecular weight is 333 g/mol. The molecule has 1 aromatic heterocycles. The molecule has 0 bridgehead atoms. The molecule has 1 heterocycles. The van der Waals surface area contributed by atoms with Gasteiger partial charge in [-0.25, -0.2) is 4.79 Å². The van der Waals surface area contributed by atoms with Crippen LogP contribution in [-0.4, -0.2) is 28.6 Å². The van der Waals surface area contributed by atoms with Crippen molar-refractivity contribution in [2.75, 3.05) is 6.54 Å². The zero-order chi connectivity index (χ0) is 17.7. The second-order valence-corrected chi connectivity index (χ2v) is 5.52. The fourth-order valence-electron chi connectivity index (χ4n) is 2.47. The lowest BCUT2D eigenvalue weighted by molar-refractivity contribution is -0.137. The van der Waals surface area contributed by atoms with Gasteiger partial charge in [-0.05, 0) is 37.5 Å². The molecule has 3 N–H and O–H groups in total. The first-order valence-electron chi connectivity index (χ1n) is 7.62. The van der Waals surface area contributed by atoms with Crippen molar-refractivity contribution in [3.8, 4) is 5.75 Å². The van der Waals surface area contributed by atoms with Crippen molar-refractivity contribution < 1.29 is 24.2 Å². The van der Waals surface area contributed by atoms with E-state index in [2.05, 4.69) is 5.32 Å². The van der Waals surface area contributed by atoms with Crippen LogP contribution in [0.15, 0.2) is 27.4 Å². The van der Waals surface area contributed by atoms with Crippen LogP contribution in [0.5, 0.6) is 5.75 Å². The fraction of sp³-hybridized carbons (Fsp3) is 0.353. The van der Waals surface area contributed by atoms with Gasteiger partial charge < -0.3 is 19.9 Å². The van der Waals surface area contributed by atoms with Crippen LogP contribution >= 0.6 is 0 Å². The second-order valence-electron chi connectivity index (χ2n) is 5.52. The summed E-state index contributed by atoms with van der Waals surface area (Å²) in [6, 6.07) is 4.55. The Kier molecular flexibility index (Phi) is 5.57. The molecule has 0 aliphatic carbocycles. The number of aromatic hydroxyl groups is 1. The third kappa shape index (κ3) is 4.34. The van der Waals surface area contributed by atoms with E-state index in [9.17, 15) is 19.5 Å². The number of phenolic OH excluding ortho intramolecular Hbond substituents is 1. The molecule has 2 aromatic rings. The zero-order valence-electron chi connectivity index (χ0n) is 13.3. The molecular weight excluding hydrogens is 314 g/mol. The minimum Gasteiger partial charge on any atom is -0.508 e. The molecule has 0 atom stereocenters. The lowest BCUT2D eigenvalue weighted by Gasteiger charge is -2.08. The Morgan fingerprint density at radius 3 is 2.71 bits per heavy atom. The number of carboxylic acids is 1. The van der Waals surface area contributed by atoms with E-state index >= 15 is 0 Å². The summed E-state index contributed by atoms with van der Waals surface area (Å²) in [7, 11) is 0. The summed E-state index contributed by atoms with van der Waals surface area (Å²) in [6.07, 6.45) is 0.709. The van der Waals surface area contributed by atoms with Crippen molar-refractivity contribution >= 4 is 22.8 Å². The van der Waals surface area contributed by atoms with Gasteiger partial charge in [0.2, 0.25) is 5.91 Å². The number of phenols is 1. The van der Waals surface area contributed by atoms with E-state index in [-0.39, 0.29) is 37.5 Å². The number of hydrogen-bond donors (Lipinski definition) is 3. The van der Waals surface area contributed by atoms with Gasteiger partial charge in [-0.2, -0.15) is 0 Å². The van der Waals surface area contributed by atoms with Crippen LogP contribution in [0.4, 0.5) is 0 Å². The molecule has 7 heteroatoms. The van der Waals surface area contributed by atoms with Gasteiger partial charge in [-0.1, -0.05) is 0 Å². The first-order chi connectivity index (χ1) is 11.4. The van der Waals surface area contributed by atoms with Crippen LogP contribution in [0.25, 0.3) is 11.0 Å². The normalized spacial score (nSPS) is 10.7. The number of carbonyl (C=O) groups excluding carboxylic acids is 1. The van der Waals surface area contributed by atoms with Crippen LogP contribution < -0.4 is 10.9 Å². The fourth-order valence-corrected chi connectivity index (χ4v) is 2.47. The van der Waals surface area contributed by atoms with Crippen molar-refractivity contribution in [2.45, 2.75) is 32.6 Å². The number of amides is 1. The molecule has 1 aromatic carbocycles. The van der Waals surface area contributed by atoms with Crippen molar-refractivity contribution in [3.63, 3.8) is 0 Å². The first kappa shape index (κ1) is 17.5. The Morgan fingerprint density at radius 2 is 2.00 bits per heavy atom. The van der Waals surface area contributed by atoms with Gasteiger partial charge in [-0.3, -0.25) is 9.59 Å². The number of fused-ring (bicyclic) bond motifs is 1. The summed E-state index contributed by atoms with van der Waals surface area (Å²) in [5.41, 5.74) is 0.928. The molecule has 0 aliphatic heterocycles. The Hall–Kier alpha value is -2.83. The molecule has 0 radical (unpaired) electrons. The van der Waals surface area contributed by atoms with E-state index in [4.69, 9.17) is 9.52 Å². The standard InChI is InChI=1S/C17H19NO6/c1-10-12-5-4-11(19)9-14(12)24-17(23)13(10)6-7-15(20)18-8-2-3-16(21)22/h4-5,9,19H,2-3,6-8H2,1H3,(H,18,20)(H,21,22). The summed E-state index contributed by atoms with van der Waals surface area (Å²) in [5, 5.41) is 21.3. The molecule has 0 saturated carbocycles. The van der Waals surface area contributed by atoms with Gasteiger partial charge in [0.1, 0.15) is 11.3 Å². The number of carbonyl (C=O) groups is 2. The third-order valence-corrected chi connectivity index (χ3v) is 3.76. The average Bonchev–Trinajstić information content (AvgIpc) is 2.50. The molecular formula is C17H19NO6. The Bertz CT molecular complexity index is 824. The summed E-state index contributed by atoms with van der Waals surface area (Å²) < 4.78 is 5.20. The molecule has 0 saturated heterocycles. The molecule has 7 nitrogen and oxygen atoms in total. The van der Waals surface area contributed by atoms with Gasteiger partial charge in [0.15, 0.2) is 0 Å². The summed E-state index contributed by atoms with van der Waals surface area (Å²) in [5.74, 6) is -1.14. The van der Waals surface area contributed by atoms with Crippen molar-refractivity contribution in [3.05, 3.63) is 39.7 Å². The highest BCUT2D eigenvalue weighted by atomic mass is 16.4. The van der Waals surface area contributed by atoms with E-state index < -0.39 is 11.6 Å². The molecule has 0 spiro atoms. The number of rotatable bonds is 7. The Morgan fingerprint density at radius 1 is 1.25 bits per heavy atom. The van der Waals surface area contributed by atoms with Gasteiger partial charge >= 0.3 is 11.6 Å². The number of hydrogen-bond acceptors (Lipinski definition) is 5. The molecule has 0 unspecified atom stereocenters. The van der Waals surface area contributed by atoms with Crippen LogP contribution in [-0.2, 0) is 16.0 Å². The predicted octanol–water partition coefficient (Wildman–Crippen LogP) is 1.72. The van der Waals surface area contributed by atoms with E-state index in [0.717, 1.165) is 5.56 Å². The zero-order valence-corrected chi connectivity index (χ0v) is 13.3. The van der Waals surface area contributed by atoms with Crippen LogP contribution in [0.2, 0.25) is 0 Å². The molecule has 0 aliphatic rings. The summed E-state index contributed by atoms with van der Waals surface area (Å²) in [4.78, 5) is 34.2. The van der Waals surface area contributed by atoms with E-state index in [0.29, 0.717) is 23.0 Å². The molecule has 0 fully saturated rings. The van der Waals surface area contributed by atoms with Gasteiger partial charge in [0.05, 0.1) is 0 Å². The largest absolute Gasteiger partial charge is 0.508 e. The van der Waals surface area contributed by atoms with Crippen molar-refractivity contribution in [2.24, 2.45) is 0 Å². The number of aryl methyl sites for hydroxylation is 1. The van der Waals surface area contributed by atoms with Gasteiger partial charge in [-0.15, -0.1) is 0 Å². The molecule has 24 heavy (non-hydrogen) atoms. The second kappa shape index (κ2) is 7.63. The molecule has 2 rings (SSSR count). The Balaban J connectivity index is 2.02. The summed E-state index contributed by atoms with van der Waals surface area (Å²) >= 11 is 0. The SMILES string of the molecule is Cc1c(CCC(=O)NCCCC(=O)O)c(=O)oc2cc(O)ccc12. The predicted molar refractivity (Wildman–Crippen MR) is 87.1 cm³/mol. The highest BCUT2D eigenvalue weighted by Crippen LogP contribution is 2.23. The number of benzene rings is 1. The minimum absolute atomic E-state index is 0.000492.